The van der Waals surface area contributed by atoms with Crippen molar-refractivity contribution in [3.05, 3.63) is 34.6 Å². The first-order valence-corrected chi connectivity index (χ1v) is 7.94. The number of aliphatic hydroxyl groups excluding tert-OH is 1. The molecule has 2 amide bonds. The number of nitrogens with zero attached hydrogens (tertiary/aromatic N) is 1. The molecule has 1 aliphatic rings. The second-order valence-corrected chi connectivity index (χ2v) is 6.28. The summed E-state index contributed by atoms with van der Waals surface area (Å²) in [5, 5.41) is 12.0. The molecule has 1 aliphatic carbocycles. The van der Waals surface area contributed by atoms with Crippen molar-refractivity contribution in [3.63, 3.8) is 0 Å². The molecule has 0 aromatic heterocycles. The molecule has 2 rings (SSSR count). The van der Waals surface area contributed by atoms with Crippen LogP contribution in [-0.4, -0.2) is 35.7 Å². The first-order chi connectivity index (χ1) is 10.5. The van der Waals surface area contributed by atoms with E-state index >= 15 is 0 Å². The van der Waals surface area contributed by atoms with Gasteiger partial charge in [0.1, 0.15) is 5.82 Å². The maximum Gasteiger partial charge on any atom is 0.317 e. The molecule has 2 N–H and O–H groups in total. The summed E-state index contributed by atoms with van der Waals surface area (Å²) < 4.78 is 13.1. The Morgan fingerprint density at radius 3 is 2.68 bits per heavy atom. The molecule has 4 nitrogen and oxygen atoms in total. The zero-order chi connectivity index (χ0) is 16.1. The predicted molar refractivity (Wildman–Crippen MR) is 84.2 cm³/mol. The maximum absolute atomic E-state index is 13.1. The van der Waals surface area contributed by atoms with Crippen molar-refractivity contribution in [1.82, 2.24) is 10.2 Å². The summed E-state index contributed by atoms with van der Waals surface area (Å²) in [5.74, 6) is -0.0939. The van der Waals surface area contributed by atoms with Gasteiger partial charge in [0.25, 0.3) is 0 Å². The monoisotopic (exact) mass is 328 g/mol. The highest BCUT2D eigenvalue weighted by atomic mass is 35.5. The molecule has 1 fully saturated rings. The molecular weight excluding hydrogens is 307 g/mol. The quantitative estimate of drug-likeness (QED) is 0.892. The maximum atomic E-state index is 13.1. The Morgan fingerprint density at radius 1 is 1.41 bits per heavy atom. The molecule has 0 heterocycles. The standard InChI is InChI=1S/C16H22ClFN2O2/c1-20(13-5-2-11(10-21)3-6-13)16(22)19-9-12-4-7-15(18)14(17)8-12/h4,7-8,11,13,21H,2-3,5-6,9-10H2,1H3,(H,19,22). The summed E-state index contributed by atoms with van der Waals surface area (Å²) in [5.41, 5.74) is 0.761. The fraction of sp³-hybridized carbons (Fsp3) is 0.562. The first-order valence-electron chi connectivity index (χ1n) is 7.56. The van der Waals surface area contributed by atoms with Crippen LogP contribution in [0.25, 0.3) is 0 Å². The molecule has 0 radical (unpaired) electrons. The third-order valence-electron chi connectivity index (χ3n) is 4.37. The van der Waals surface area contributed by atoms with Gasteiger partial charge in [-0.2, -0.15) is 0 Å². The highest BCUT2D eigenvalue weighted by Gasteiger charge is 2.26. The van der Waals surface area contributed by atoms with E-state index in [4.69, 9.17) is 16.7 Å². The average molecular weight is 329 g/mol. The number of nitrogens with one attached hydrogen (secondary N) is 1. The van der Waals surface area contributed by atoms with E-state index in [1.54, 1.807) is 18.0 Å². The van der Waals surface area contributed by atoms with E-state index in [9.17, 15) is 9.18 Å². The Bertz CT molecular complexity index is 519. The Morgan fingerprint density at radius 2 is 2.09 bits per heavy atom. The first kappa shape index (κ1) is 17.0. The van der Waals surface area contributed by atoms with Crippen LogP contribution >= 0.6 is 11.6 Å². The van der Waals surface area contributed by atoms with Crippen LogP contribution in [0.1, 0.15) is 31.2 Å². The lowest BCUT2D eigenvalue weighted by atomic mass is 9.86. The molecular formula is C16H22ClFN2O2. The average Bonchev–Trinajstić information content (AvgIpc) is 2.55. The van der Waals surface area contributed by atoms with Crippen LogP contribution < -0.4 is 5.32 Å². The van der Waals surface area contributed by atoms with Gasteiger partial charge in [0.15, 0.2) is 0 Å². The number of carbonyl (C=O) groups excluding carboxylic acids is 1. The van der Waals surface area contributed by atoms with Crippen molar-refractivity contribution in [3.8, 4) is 0 Å². The Labute approximate surface area is 135 Å². The Balaban J connectivity index is 1.82. The van der Waals surface area contributed by atoms with Crippen LogP contribution in [0.15, 0.2) is 18.2 Å². The molecule has 0 aliphatic heterocycles. The topological polar surface area (TPSA) is 52.6 Å². The van der Waals surface area contributed by atoms with Crippen molar-refractivity contribution in [2.45, 2.75) is 38.3 Å². The van der Waals surface area contributed by atoms with Crippen LogP contribution in [0.5, 0.6) is 0 Å². The van der Waals surface area contributed by atoms with Gasteiger partial charge in [-0.15, -0.1) is 0 Å². The van der Waals surface area contributed by atoms with Crippen molar-refractivity contribution < 1.29 is 14.3 Å². The van der Waals surface area contributed by atoms with Crippen molar-refractivity contribution in [2.75, 3.05) is 13.7 Å². The van der Waals surface area contributed by atoms with Gasteiger partial charge in [-0.05, 0) is 49.3 Å². The molecule has 0 unspecified atom stereocenters. The largest absolute Gasteiger partial charge is 0.396 e. The molecule has 1 aromatic rings. The molecule has 122 valence electrons. The van der Waals surface area contributed by atoms with E-state index in [1.165, 1.54) is 12.1 Å². The fourth-order valence-electron chi connectivity index (χ4n) is 2.83. The van der Waals surface area contributed by atoms with Crippen molar-refractivity contribution >= 4 is 17.6 Å². The lowest BCUT2D eigenvalue weighted by molar-refractivity contribution is 0.134. The van der Waals surface area contributed by atoms with Gasteiger partial charge in [-0.25, -0.2) is 9.18 Å². The van der Waals surface area contributed by atoms with Gasteiger partial charge in [-0.1, -0.05) is 17.7 Å². The lowest BCUT2D eigenvalue weighted by Crippen LogP contribution is -2.45. The van der Waals surface area contributed by atoms with Gasteiger partial charge in [0, 0.05) is 26.2 Å². The fourth-order valence-corrected chi connectivity index (χ4v) is 3.04. The molecule has 0 atom stereocenters. The number of hydrogen-bond donors (Lipinski definition) is 2. The van der Waals surface area contributed by atoms with E-state index in [-0.39, 0.29) is 23.7 Å². The second kappa shape index (κ2) is 7.79. The van der Waals surface area contributed by atoms with Gasteiger partial charge in [0.2, 0.25) is 0 Å². The van der Waals surface area contributed by atoms with Crippen LogP contribution in [0.3, 0.4) is 0 Å². The van der Waals surface area contributed by atoms with Crippen LogP contribution in [0.4, 0.5) is 9.18 Å². The van der Waals surface area contributed by atoms with Crippen LogP contribution in [-0.2, 0) is 6.54 Å². The minimum atomic E-state index is -0.463. The molecule has 0 spiro atoms. The SMILES string of the molecule is CN(C(=O)NCc1ccc(F)c(Cl)c1)C1CCC(CO)CC1. The van der Waals surface area contributed by atoms with Gasteiger partial charge in [-0.3, -0.25) is 0 Å². The van der Waals surface area contributed by atoms with Gasteiger partial charge in [0.05, 0.1) is 5.02 Å². The third kappa shape index (κ3) is 4.34. The molecule has 22 heavy (non-hydrogen) atoms. The Kier molecular flexibility index (Phi) is 6.03. The number of carbonyl (C=O) groups is 1. The number of aliphatic hydroxyl groups is 1. The third-order valence-corrected chi connectivity index (χ3v) is 4.66. The normalized spacial score (nSPS) is 21.5. The Hall–Kier alpha value is -1.33. The predicted octanol–water partition coefficient (Wildman–Crippen LogP) is 3.17. The van der Waals surface area contributed by atoms with Crippen molar-refractivity contribution in [1.29, 1.82) is 0 Å². The summed E-state index contributed by atoms with van der Waals surface area (Å²) in [7, 11) is 1.79. The van der Waals surface area contributed by atoms with Gasteiger partial charge >= 0.3 is 6.03 Å². The molecule has 1 saturated carbocycles. The van der Waals surface area contributed by atoms with E-state index in [2.05, 4.69) is 5.32 Å². The van der Waals surface area contributed by atoms with E-state index in [0.29, 0.717) is 12.5 Å². The minimum Gasteiger partial charge on any atom is -0.396 e. The number of hydrogen-bond acceptors (Lipinski definition) is 2. The summed E-state index contributed by atoms with van der Waals surface area (Å²) in [4.78, 5) is 13.9. The lowest BCUT2D eigenvalue weighted by Gasteiger charge is -2.34. The highest BCUT2D eigenvalue weighted by molar-refractivity contribution is 6.30. The van der Waals surface area contributed by atoms with E-state index in [0.717, 1.165) is 31.2 Å². The number of amides is 2. The number of urea groups is 1. The molecule has 6 heteroatoms. The second-order valence-electron chi connectivity index (χ2n) is 5.88. The number of halogens is 2. The van der Waals surface area contributed by atoms with E-state index < -0.39 is 5.82 Å². The summed E-state index contributed by atoms with van der Waals surface area (Å²) in [6.07, 6.45) is 3.73. The van der Waals surface area contributed by atoms with Crippen LogP contribution in [0.2, 0.25) is 5.02 Å². The summed E-state index contributed by atoms with van der Waals surface area (Å²) in [6, 6.07) is 4.48. The van der Waals surface area contributed by atoms with E-state index in [1.807, 2.05) is 0 Å². The number of benzene rings is 1. The summed E-state index contributed by atoms with van der Waals surface area (Å²) in [6.45, 7) is 0.545. The summed E-state index contributed by atoms with van der Waals surface area (Å²) >= 11 is 5.72. The zero-order valence-electron chi connectivity index (χ0n) is 12.7. The molecule has 0 bridgehead atoms. The van der Waals surface area contributed by atoms with Gasteiger partial charge < -0.3 is 15.3 Å². The number of rotatable bonds is 4. The van der Waals surface area contributed by atoms with Crippen molar-refractivity contribution in [2.24, 2.45) is 5.92 Å². The molecule has 0 saturated heterocycles. The smallest absolute Gasteiger partial charge is 0.317 e. The van der Waals surface area contributed by atoms with Crippen LogP contribution in [0, 0.1) is 11.7 Å². The molecule has 1 aromatic carbocycles. The minimum absolute atomic E-state index is 0.0578. The zero-order valence-corrected chi connectivity index (χ0v) is 13.4. The highest BCUT2D eigenvalue weighted by Crippen LogP contribution is 2.26.